The van der Waals surface area contributed by atoms with Crippen LogP contribution >= 0.6 is 11.8 Å². The van der Waals surface area contributed by atoms with E-state index >= 15 is 0 Å². The first kappa shape index (κ1) is 16.2. The van der Waals surface area contributed by atoms with Gasteiger partial charge in [0, 0.05) is 50.1 Å². The molecule has 0 bridgehead atoms. The number of nitrogens with zero attached hydrogens (tertiary/aromatic N) is 2. The van der Waals surface area contributed by atoms with Crippen molar-refractivity contribution in [3.8, 4) is 0 Å². The second-order valence-corrected chi connectivity index (χ2v) is 7.12. The van der Waals surface area contributed by atoms with Gasteiger partial charge in [-0.15, -0.1) is 0 Å². The van der Waals surface area contributed by atoms with E-state index in [9.17, 15) is 9.59 Å². The Morgan fingerprint density at radius 1 is 1.35 bits per heavy atom. The standard InChI is InChI=1S/C17H23N3O2S/c1-13(20-9-6-14-4-2-3-5-15(14)20)12-18-16(21)7-8-19-10-11-23-17(19)22/h2-5,13H,6-12H2,1H3,(H,18,21)/t13-/m1/s1. The Balaban J connectivity index is 1.43. The van der Waals surface area contributed by atoms with Gasteiger partial charge in [-0.2, -0.15) is 0 Å². The van der Waals surface area contributed by atoms with E-state index in [0.717, 1.165) is 25.3 Å². The van der Waals surface area contributed by atoms with E-state index in [1.54, 1.807) is 4.90 Å². The van der Waals surface area contributed by atoms with Crippen molar-refractivity contribution >= 4 is 28.6 Å². The average Bonchev–Trinajstić information content (AvgIpc) is 3.16. The Morgan fingerprint density at radius 3 is 2.96 bits per heavy atom. The number of nitrogens with one attached hydrogen (secondary N) is 1. The number of rotatable bonds is 6. The average molecular weight is 333 g/mol. The third kappa shape index (κ3) is 3.80. The number of amides is 2. The molecule has 0 radical (unpaired) electrons. The quantitative estimate of drug-likeness (QED) is 0.866. The summed E-state index contributed by atoms with van der Waals surface area (Å²) in [6.07, 6.45) is 1.46. The summed E-state index contributed by atoms with van der Waals surface area (Å²) in [6.45, 7) is 5.07. The molecular formula is C17H23N3O2S. The van der Waals surface area contributed by atoms with Crippen molar-refractivity contribution in [1.82, 2.24) is 10.2 Å². The molecule has 2 aliphatic rings. The maximum atomic E-state index is 12.0. The zero-order valence-electron chi connectivity index (χ0n) is 13.5. The maximum Gasteiger partial charge on any atom is 0.281 e. The molecule has 0 saturated carbocycles. The molecule has 0 spiro atoms. The largest absolute Gasteiger partial charge is 0.366 e. The third-order valence-electron chi connectivity index (χ3n) is 4.50. The molecule has 0 aromatic heterocycles. The van der Waals surface area contributed by atoms with Gasteiger partial charge in [-0.25, -0.2) is 0 Å². The van der Waals surface area contributed by atoms with E-state index in [4.69, 9.17) is 0 Å². The van der Waals surface area contributed by atoms with Crippen LogP contribution in [0.25, 0.3) is 0 Å². The van der Waals surface area contributed by atoms with Crippen molar-refractivity contribution in [2.24, 2.45) is 0 Å². The lowest BCUT2D eigenvalue weighted by Crippen LogP contribution is -2.42. The molecular weight excluding hydrogens is 310 g/mol. The predicted octanol–water partition coefficient (Wildman–Crippen LogP) is 2.11. The highest BCUT2D eigenvalue weighted by Crippen LogP contribution is 2.28. The highest BCUT2D eigenvalue weighted by atomic mass is 32.2. The number of fused-ring (bicyclic) bond motifs is 1. The number of hydrogen-bond acceptors (Lipinski definition) is 4. The van der Waals surface area contributed by atoms with Crippen LogP contribution in [0, 0.1) is 0 Å². The van der Waals surface area contributed by atoms with Crippen molar-refractivity contribution in [3.63, 3.8) is 0 Å². The van der Waals surface area contributed by atoms with Crippen molar-refractivity contribution in [2.75, 3.05) is 36.8 Å². The summed E-state index contributed by atoms with van der Waals surface area (Å²) in [5.74, 6) is 0.861. The van der Waals surface area contributed by atoms with E-state index in [1.165, 1.54) is 23.0 Å². The molecule has 2 amide bonds. The van der Waals surface area contributed by atoms with Crippen LogP contribution in [0.3, 0.4) is 0 Å². The van der Waals surface area contributed by atoms with Gasteiger partial charge < -0.3 is 15.1 Å². The zero-order chi connectivity index (χ0) is 16.2. The van der Waals surface area contributed by atoms with Crippen LogP contribution in [0.15, 0.2) is 24.3 Å². The predicted molar refractivity (Wildman–Crippen MR) is 94.0 cm³/mol. The van der Waals surface area contributed by atoms with Crippen molar-refractivity contribution in [1.29, 1.82) is 0 Å². The minimum Gasteiger partial charge on any atom is -0.366 e. The van der Waals surface area contributed by atoms with E-state index in [1.807, 2.05) is 0 Å². The number of hydrogen-bond donors (Lipinski definition) is 1. The Morgan fingerprint density at radius 2 is 2.17 bits per heavy atom. The number of carbonyl (C=O) groups excluding carboxylic acids is 2. The van der Waals surface area contributed by atoms with Crippen LogP contribution in [-0.2, 0) is 11.2 Å². The summed E-state index contributed by atoms with van der Waals surface area (Å²) in [4.78, 5) is 27.6. The van der Waals surface area contributed by atoms with Crippen LogP contribution < -0.4 is 10.2 Å². The molecule has 23 heavy (non-hydrogen) atoms. The van der Waals surface area contributed by atoms with Crippen LogP contribution in [0.4, 0.5) is 10.5 Å². The fourth-order valence-electron chi connectivity index (χ4n) is 3.15. The van der Waals surface area contributed by atoms with Gasteiger partial charge in [-0.1, -0.05) is 30.0 Å². The van der Waals surface area contributed by atoms with E-state index < -0.39 is 0 Å². The van der Waals surface area contributed by atoms with E-state index in [-0.39, 0.29) is 17.2 Å². The molecule has 124 valence electrons. The van der Waals surface area contributed by atoms with Crippen molar-refractivity contribution in [3.05, 3.63) is 29.8 Å². The molecule has 6 heteroatoms. The topological polar surface area (TPSA) is 52.7 Å². The molecule has 5 nitrogen and oxygen atoms in total. The number of para-hydroxylation sites is 1. The first-order chi connectivity index (χ1) is 11.1. The highest BCUT2D eigenvalue weighted by molar-refractivity contribution is 8.13. The fourth-order valence-corrected chi connectivity index (χ4v) is 4.00. The molecule has 1 aromatic rings. The summed E-state index contributed by atoms with van der Waals surface area (Å²) < 4.78 is 0. The first-order valence-electron chi connectivity index (χ1n) is 8.18. The Kier molecular flexibility index (Phi) is 5.10. The lowest BCUT2D eigenvalue weighted by Gasteiger charge is -2.27. The molecule has 1 aromatic carbocycles. The van der Waals surface area contributed by atoms with Gasteiger partial charge in [0.1, 0.15) is 0 Å². The highest BCUT2D eigenvalue weighted by Gasteiger charge is 2.24. The minimum atomic E-state index is 0.0223. The monoisotopic (exact) mass is 333 g/mol. The van der Waals surface area contributed by atoms with E-state index in [0.29, 0.717) is 19.5 Å². The summed E-state index contributed by atoms with van der Waals surface area (Å²) >= 11 is 1.33. The summed E-state index contributed by atoms with van der Waals surface area (Å²) in [5.41, 5.74) is 2.67. The molecule has 2 heterocycles. The SMILES string of the molecule is C[C@H](CNC(=O)CCN1CCSC1=O)N1CCc2ccccc21. The Labute approximate surface area is 141 Å². The fraction of sp³-hybridized carbons (Fsp3) is 0.529. The van der Waals surface area contributed by atoms with Gasteiger partial charge in [0.25, 0.3) is 5.24 Å². The summed E-state index contributed by atoms with van der Waals surface area (Å²) in [5, 5.41) is 3.10. The molecule has 3 rings (SSSR count). The molecule has 1 fully saturated rings. The molecule has 2 aliphatic heterocycles. The van der Waals surface area contributed by atoms with Crippen molar-refractivity contribution < 1.29 is 9.59 Å². The van der Waals surface area contributed by atoms with Crippen LogP contribution in [0.1, 0.15) is 18.9 Å². The lowest BCUT2D eigenvalue weighted by atomic mass is 10.2. The number of benzene rings is 1. The number of anilines is 1. The molecule has 1 atom stereocenters. The maximum absolute atomic E-state index is 12.0. The second kappa shape index (κ2) is 7.25. The normalized spacial score (nSPS) is 18.2. The Hall–Kier alpha value is -1.69. The third-order valence-corrected chi connectivity index (χ3v) is 5.40. The second-order valence-electron chi connectivity index (χ2n) is 6.08. The van der Waals surface area contributed by atoms with Gasteiger partial charge in [0.2, 0.25) is 5.91 Å². The van der Waals surface area contributed by atoms with Crippen LogP contribution in [0.5, 0.6) is 0 Å². The van der Waals surface area contributed by atoms with E-state index in [2.05, 4.69) is 41.4 Å². The number of thioether (sulfide) groups is 1. The van der Waals surface area contributed by atoms with Crippen molar-refractivity contribution in [2.45, 2.75) is 25.8 Å². The molecule has 0 unspecified atom stereocenters. The zero-order valence-corrected chi connectivity index (χ0v) is 14.3. The van der Waals surface area contributed by atoms with Gasteiger partial charge in [0.05, 0.1) is 0 Å². The molecule has 1 N–H and O–H groups in total. The smallest absolute Gasteiger partial charge is 0.281 e. The lowest BCUT2D eigenvalue weighted by molar-refractivity contribution is -0.121. The van der Waals surface area contributed by atoms with Gasteiger partial charge in [-0.05, 0) is 25.0 Å². The van der Waals surface area contributed by atoms with Gasteiger partial charge in [-0.3, -0.25) is 9.59 Å². The van der Waals surface area contributed by atoms with Crippen LogP contribution in [0.2, 0.25) is 0 Å². The van der Waals surface area contributed by atoms with Crippen LogP contribution in [-0.4, -0.2) is 54.0 Å². The summed E-state index contributed by atoms with van der Waals surface area (Å²) in [6, 6.07) is 8.73. The first-order valence-corrected chi connectivity index (χ1v) is 9.16. The summed E-state index contributed by atoms with van der Waals surface area (Å²) in [7, 11) is 0. The molecule has 0 aliphatic carbocycles. The Bertz CT molecular complexity index is 593. The minimum absolute atomic E-state index is 0.0223. The number of carbonyl (C=O) groups is 2. The van der Waals surface area contributed by atoms with Gasteiger partial charge >= 0.3 is 0 Å². The molecule has 1 saturated heterocycles. The van der Waals surface area contributed by atoms with Gasteiger partial charge in [0.15, 0.2) is 0 Å².